The van der Waals surface area contributed by atoms with Gasteiger partial charge in [-0.25, -0.2) is 4.79 Å². The molecular formula is C15H27N5O9. The van der Waals surface area contributed by atoms with Crippen LogP contribution in [-0.4, -0.2) is 93.0 Å². The van der Waals surface area contributed by atoms with Gasteiger partial charge in [0, 0.05) is 0 Å². The first-order chi connectivity index (χ1) is 13.3. The van der Waals surface area contributed by atoms with Crippen molar-refractivity contribution in [2.75, 3.05) is 6.61 Å². The number of carboxylic acids is 1. The van der Waals surface area contributed by atoms with Gasteiger partial charge in [-0.2, -0.15) is 0 Å². The molecule has 0 aromatic carbocycles. The van der Waals surface area contributed by atoms with Crippen molar-refractivity contribution in [3.63, 3.8) is 0 Å². The summed E-state index contributed by atoms with van der Waals surface area (Å²) in [5.74, 6) is -5.76. The Morgan fingerprint density at radius 1 is 0.862 bits per heavy atom. The van der Waals surface area contributed by atoms with E-state index < -0.39 is 79.0 Å². The minimum atomic E-state index is -1.72. The Balaban J connectivity index is 5.41. The second-order valence-electron chi connectivity index (χ2n) is 6.31. The molecule has 0 radical (unpaired) electrons. The van der Waals surface area contributed by atoms with Crippen LogP contribution in [0, 0.1) is 0 Å². The van der Waals surface area contributed by atoms with Crippen LogP contribution in [0.4, 0.5) is 0 Å². The molecule has 0 aliphatic carbocycles. The highest BCUT2D eigenvalue weighted by molar-refractivity contribution is 5.96. The Morgan fingerprint density at radius 3 is 1.72 bits per heavy atom. The number of nitrogens with two attached hydrogens (primary N) is 2. The predicted octanol–water partition coefficient (Wildman–Crippen LogP) is -5.52. The van der Waals surface area contributed by atoms with Crippen LogP contribution in [-0.2, 0) is 24.0 Å². The quantitative estimate of drug-likeness (QED) is 0.144. The van der Waals surface area contributed by atoms with Gasteiger partial charge < -0.3 is 47.8 Å². The van der Waals surface area contributed by atoms with Gasteiger partial charge in [0.2, 0.25) is 23.6 Å². The average Bonchev–Trinajstić information content (AvgIpc) is 2.60. The molecule has 0 rings (SSSR count). The van der Waals surface area contributed by atoms with Crippen molar-refractivity contribution in [1.82, 2.24) is 16.0 Å². The smallest absolute Gasteiger partial charge is 0.328 e. The first-order valence-electron chi connectivity index (χ1n) is 8.46. The fraction of sp³-hybridized carbons (Fsp3) is 0.667. The summed E-state index contributed by atoms with van der Waals surface area (Å²) in [5, 5.41) is 43.2. The number of hydrogen-bond acceptors (Lipinski definition) is 9. The third kappa shape index (κ3) is 8.82. The Morgan fingerprint density at radius 2 is 1.34 bits per heavy atom. The fourth-order valence-electron chi connectivity index (χ4n) is 2.06. The molecule has 0 saturated carbocycles. The van der Waals surface area contributed by atoms with Crippen LogP contribution < -0.4 is 27.4 Å². The molecular weight excluding hydrogens is 394 g/mol. The van der Waals surface area contributed by atoms with Crippen molar-refractivity contribution in [3.8, 4) is 0 Å². The molecule has 0 spiro atoms. The van der Waals surface area contributed by atoms with Gasteiger partial charge in [0.15, 0.2) is 6.04 Å². The van der Waals surface area contributed by atoms with Crippen LogP contribution in [0.5, 0.6) is 0 Å². The second-order valence-corrected chi connectivity index (χ2v) is 6.31. The lowest BCUT2D eigenvalue weighted by Gasteiger charge is -2.26. The second kappa shape index (κ2) is 11.9. The minimum absolute atomic E-state index is 0.685. The largest absolute Gasteiger partial charge is 0.480 e. The minimum Gasteiger partial charge on any atom is -0.480 e. The summed E-state index contributed by atoms with van der Waals surface area (Å²) in [4.78, 5) is 58.7. The summed E-state index contributed by atoms with van der Waals surface area (Å²) in [6, 6.07) is -6.39. The molecule has 4 amide bonds. The third-order valence-electron chi connectivity index (χ3n) is 3.68. The highest BCUT2D eigenvalue weighted by atomic mass is 16.4. The molecule has 14 nitrogen and oxygen atoms in total. The first kappa shape index (κ1) is 26.2. The fourth-order valence-corrected chi connectivity index (χ4v) is 2.06. The molecule has 0 aromatic heterocycles. The Kier molecular flexibility index (Phi) is 10.7. The van der Waals surface area contributed by atoms with E-state index in [1.165, 1.54) is 0 Å². The lowest BCUT2D eigenvalue weighted by atomic mass is 10.1. The van der Waals surface area contributed by atoms with Crippen LogP contribution in [0.2, 0.25) is 0 Å². The average molecular weight is 421 g/mol. The number of hydrogen-bond donors (Lipinski definition) is 9. The van der Waals surface area contributed by atoms with Crippen LogP contribution >= 0.6 is 0 Å². The number of primary amides is 1. The SMILES string of the molecule is CC(O)C(NC(=O)C(NC(=O)C(CC(N)=O)NC(=O)C(N)CO)C(C)O)C(=O)O. The summed E-state index contributed by atoms with van der Waals surface area (Å²) < 4.78 is 0. The van der Waals surface area contributed by atoms with Gasteiger partial charge in [-0.05, 0) is 13.8 Å². The molecule has 0 aromatic rings. The van der Waals surface area contributed by atoms with Crippen molar-refractivity contribution in [3.05, 3.63) is 0 Å². The third-order valence-corrected chi connectivity index (χ3v) is 3.68. The van der Waals surface area contributed by atoms with Gasteiger partial charge in [-0.15, -0.1) is 0 Å². The Labute approximate surface area is 165 Å². The van der Waals surface area contributed by atoms with Crippen molar-refractivity contribution < 1.29 is 44.4 Å². The van der Waals surface area contributed by atoms with Gasteiger partial charge in [-0.1, -0.05) is 0 Å². The predicted molar refractivity (Wildman–Crippen MR) is 95.7 cm³/mol. The van der Waals surface area contributed by atoms with Gasteiger partial charge in [-0.3, -0.25) is 19.2 Å². The van der Waals surface area contributed by atoms with Gasteiger partial charge in [0.25, 0.3) is 0 Å². The Hall–Kier alpha value is -2.81. The standard InChI is InChI=1S/C15H27N5O9/c1-5(22)10(14(27)20-11(6(2)23)15(28)29)19-13(26)8(3-9(17)24)18-12(25)7(16)4-21/h5-8,10-11,21-23H,3-4,16H2,1-2H3,(H2,17,24)(H,18,25)(H,19,26)(H,20,27)(H,28,29). The molecule has 0 aliphatic heterocycles. The van der Waals surface area contributed by atoms with Gasteiger partial charge in [0.1, 0.15) is 18.1 Å². The monoisotopic (exact) mass is 421 g/mol. The zero-order valence-electron chi connectivity index (χ0n) is 15.9. The summed E-state index contributed by atoms with van der Waals surface area (Å²) in [6.07, 6.45) is -3.69. The molecule has 6 unspecified atom stereocenters. The van der Waals surface area contributed by atoms with E-state index in [4.69, 9.17) is 21.7 Å². The van der Waals surface area contributed by atoms with Crippen molar-refractivity contribution in [2.45, 2.75) is 56.6 Å². The maximum absolute atomic E-state index is 12.4. The van der Waals surface area contributed by atoms with E-state index >= 15 is 0 Å². The first-order valence-corrected chi connectivity index (χ1v) is 8.46. The number of carbonyl (C=O) groups excluding carboxylic acids is 4. The maximum atomic E-state index is 12.4. The zero-order chi connectivity index (χ0) is 22.9. The van der Waals surface area contributed by atoms with E-state index in [0.29, 0.717) is 0 Å². The number of aliphatic carboxylic acids is 1. The van der Waals surface area contributed by atoms with E-state index in [9.17, 15) is 34.2 Å². The molecule has 6 atom stereocenters. The van der Waals surface area contributed by atoms with Crippen molar-refractivity contribution >= 4 is 29.6 Å². The van der Waals surface area contributed by atoms with Crippen molar-refractivity contribution in [1.29, 1.82) is 0 Å². The van der Waals surface area contributed by atoms with Gasteiger partial charge in [0.05, 0.1) is 25.2 Å². The van der Waals surface area contributed by atoms with Crippen LogP contribution in [0.3, 0.4) is 0 Å². The van der Waals surface area contributed by atoms with Crippen LogP contribution in [0.15, 0.2) is 0 Å². The van der Waals surface area contributed by atoms with E-state index in [-0.39, 0.29) is 0 Å². The number of carboxylic acid groups (broad SMARTS) is 1. The lowest BCUT2D eigenvalue weighted by Crippen LogP contribution is -2.61. The number of nitrogens with one attached hydrogen (secondary N) is 3. The van der Waals surface area contributed by atoms with E-state index in [1.54, 1.807) is 0 Å². The normalized spacial score (nSPS) is 17.0. The molecule has 0 fully saturated rings. The highest BCUT2D eigenvalue weighted by Gasteiger charge is 2.34. The molecule has 0 heterocycles. The van der Waals surface area contributed by atoms with Gasteiger partial charge >= 0.3 is 5.97 Å². The zero-order valence-corrected chi connectivity index (χ0v) is 15.9. The number of aliphatic hydroxyl groups is 3. The van der Waals surface area contributed by atoms with E-state index in [0.717, 1.165) is 13.8 Å². The summed E-state index contributed by atoms with van der Waals surface area (Å²) in [6.45, 7) is 1.48. The van der Waals surface area contributed by atoms with Crippen molar-refractivity contribution in [2.24, 2.45) is 11.5 Å². The summed E-state index contributed by atoms with van der Waals surface area (Å²) >= 11 is 0. The maximum Gasteiger partial charge on any atom is 0.328 e. The molecule has 0 saturated heterocycles. The Bertz CT molecular complexity index is 625. The highest BCUT2D eigenvalue weighted by Crippen LogP contribution is 2.01. The number of rotatable bonds is 12. The summed E-state index contributed by atoms with van der Waals surface area (Å²) in [7, 11) is 0. The number of aliphatic hydroxyl groups excluding tert-OH is 3. The topological polar surface area (TPSA) is 254 Å². The molecule has 0 aliphatic rings. The molecule has 11 N–H and O–H groups in total. The lowest BCUT2D eigenvalue weighted by molar-refractivity contribution is -0.146. The molecule has 29 heavy (non-hydrogen) atoms. The number of carbonyl (C=O) groups is 5. The summed E-state index contributed by atoms with van der Waals surface area (Å²) in [5.41, 5.74) is 10.3. The van der Waals surface area contributed by atoms with Crippen LogP contribution in [0.25, 0.3) is 0 Å². The molecule has 166 valence electrons. The van der Waals surface area contributed by atoms with E-state index in [1.807, 2.05) is 5.32 Å². The van der Waals surface area contributed by atoms with E-state index in [2.05, 4.69) is 10.6 Å². The van der Waals surface area contributed by atoms with Crippen LogP contribution in [0.1, 0.15) is 20.3 Å². The molecule has 0 bridgehead atoms. The number of amides is 4. The molecule has 14 heteroatoms.